The molecule has 5 nitrogen and oxygen atoms in total. The van der Waals surface area contributed by atoms with Crippen LogP contribution in [0, 0.1) is 5.82 Å². The Morgan fingerprint density at radius 2 is 1.96 bits per heavy atom. The summed E-state index contributed by atoms with van der Waals surface area (Å²) in [5.41, 5.74) is 0.464. The van der Waals surface area contributed by atoms with Crippen LogP contribution < -0.4 is 10.0 Å². The summed E-state index contributed by atoms with van der Waals surface area (Å²) in [7, 11) is -3.65. The molecule has 0 fully saturated rings. The Morgan fingerprint density at radius 3 is 2.61 bits per heavy atom. The van der Waals surface area contributed by atoms with Crippen LogP contribution in [-0.2, 0) is 10.0 Å². The molecule has 0 aliphatic heterocycles. The maximum atomic E-state index is 13.1. The summed E-state index contributed by atoms with van der Waals surface area (Å²) in [6.45, 7) is 1.90. The third kappa shape index (κ3) is 4.28. The summed E-state index contributed by atoms with van der Waals surface area (Å²) in [4.78, 5) is 12.2. The van der Waals surface area contributed by atoms with Crippen LogP contribution in [0.15, 0.2) is 47.4 Å². The van der Waals surface area contributed by atoms with E-state index in [2.05, 4.69) is 10.0 Å². The number of carbonyl (C=O) groups excluding carboxylic acids is 1. The van der Waals surface area contributed by atoms with Crippen molar-refractivity contribution < 1.29 is 17.6 Å². The van der Waals surface area contributed by atoms with Crippen LogP contribution in [0.1, 0.15) is 17.3 Å². The number of hydrogen-bond acceptors (Lipinski definition) is 3. The number of rotatable bonds is 5. The van der Waals surface area contributed by atoms with Crippen molar-refractivity contribution in [3.05, 3.63) is 58.9 Å². The molecule has 0 saturated heterocycles. The Balaban J connectivity index is 2.24. The van der Waals surface area contributed by atoms with Gasteiger partial charge in [0, 0.05) is 17.8 Å². The van der Waals surface area contributed by atoms with Crippen molar-refractivity contribution in [2.45, 2.75) is 11.8 Å². The highest BCUT2D eigenvalue weighted by Crippen LogP contribution is 2.20. The Hall–Kier alpha value is -1.96. The van der Waals surface area contributed by atoms with Gasteiger partial charge in [-0.1, -0.05) is 24.6 Å². The number of amides is 1. The van der Waals surface area contributed by atoms with E-state index in [1.54, 1.807) is 6.92 Å². The molecule has 2 rings (SSSR count). The van der Waals surface area contributed by atoms with Gasteiger partial charge in [-0.3, -0.25) is 4.79 Å². The van der Waals surface area contributed by atoms with E-state index >= 15 is 0 Å². The van der Waals surface area contributed by atoms with Crippen molar-refractivity contribution in [3.63, 3.8) is 0 Å². The molecule has 8 heteroatoms. The van der Waals surface area contributed by atoms with Gasteiger partial charge >= 0.3 is 0 Å². The Bertz CT molecular complexity index is 840. The van der Waals surface area contributed by atoms with Gasteiger partial charge in [-0.05, 0) is 36.4 Å². The fourth-order valence-corrected chi connectivity index (χ4v) is 3.12. The van der Waals surface area contributed by atoms with Crippen LogP contribution in [0.5, 0.6) is 0 Å². The van der Waals surface area contributed by atoms with E-state index in [0.29, 0.717) is 5.69 Å². The summed E-state index contributed by atoms with van der Waals surface area (Å²) in [6.07, 6.45) is 0. The lowest BCUT2D eigenvalue weighted by atomic mass is 10.2. The number of halogens is 2. The molecule has 0 saturated carbocycles. The van der Waals surface area contributed by atoms with Crippen LogP contribution in [0.25, 0.3) is 0 Å². The van der Waals surface area contributed by atoms with Gasteiger partial charge in [0.15, 0.2) is 0 Å². The van der Waals surface area contributed by atoms with Crippen molar-refractivity contribution in [2.75, 3.05) is 11.9 Å². The number of carbonyl (C=O) groups is 1. The van der Waals surface area contributed by atoms with Gasteiger partial charge in [0.05, 0.1) is 9.92 Å². The number of sulfonamides is 1. The zero-order valence-electron chi connectivity index (χ0n) is 12.1. The lowest BCUT2D eigenvalue weighted by Crippen LogP contribution is -2.23. The predicted molar refractivity (Wildman–Crippen MR) is 86.7 cm³/mol. The Labute approximate surface area is 138 Å². The minimum atomic E-state index is -3.65. The second-order valence-corrected chi connectivity index (χ2v) is 6.79. The fourth-order valence-electron chi connectivity index (χ4n) is 1.85. The molecule has 23 heavy (non-hydrogen) atoms. The van der Waals surface area contributed by atoms with Crippen molar-refractivity contribution in [1.29, 1.82) is 0 Å². The van der Waals surface area contributed by atoms with Crippen molar-refractivity contribution >= 4 is 33.2 Å². The highest BCUT2D eigenvalue weighted by Gasteiger charge is 2.15. The Morgan fingerprint density at radius 1 is 1.22 bits per heavy atom. The van der Waals surface area contributed by atoms with E-state index in [0.717, 1.165) is 6.07 Å². The summed E-state index contributed by atoms with van der Waals surface area (Å²) in [5, 5.41) is 2.41. The van der Waals surface area contributed by atoms with Gasteiger partial charge in [0.25, 0.3) is 5.91 Å². The molecule has 0 heterocycles. The van der Waals surface area contributed by atoms with E-state index < -0.39 is 21.7 Å². The maximum Gasteiger partial charge on any atom is 0.255 e. The molecular weight excluding hydrogens is 343 g/mol. The standard InChI is InChI=1S/C15H14ClFN2O3S/c1-2-18-23(21,22)12-5-3-4-10(8-12)15(20)19-11-6-7-14(17)13(16)9-11/h3-9,18H,2H2,1H3,(H,19,20). The summed E-state index contributed by atoms with van der Waals surface area (Å²) < 4.78 is 39.3. The molecule has 0 radical (unpaired) electrons. The average molecular weight is 357 g/mol. The van der Waals surface area contributed by atoms with Crippen LogP contribution in [0.2, 0.25) is 5.02 Å². The van der Waals surface area contributed by atoms with Crippen molar-refractivity contribution in [3.8, 4) is 0 Å². The largest absolute Gasteiger partial charge is 0.322 e. The molecule has 0 aliphatic rings. The SMILES string of the molecule is CCNS(=O)(=O)c1cccc(C(=O)Nc2ccc(F)c(Cl)c2)c1. The molecule has 2 aromatic rings. The highest BCUT2D eigenvalue weighted by molar-refractivity contribution is 7.89. The predicted octanol–water partition coefficient (Wildman–Crippen LogP) is 3.03. The van der Waals surface area contributed by atoms with Gasteiger partial charge in [-0.25, -0.2) is 17.5 Å². The zero-order chi connectivity index (χ0) is 17.0. The lowest BCUT2D eigenvalue weighted by Gasteiger charge is -2.08. The topological polar surface area (TPSA) is 75.3 Å². The summed E-state index contributed by atoms with van der Waals surface area (Å²) in [6, 6.07) is 9.36. The third-order valence-corrected chi connectivity index (χ3v) is 4.75. The normalized spacial score (nSPS) is 11.3. The molecule has 0 bridgehead atoms. The molecule has 2 aromatic carbocycles. The van der Waals surface area contributed by atoms with Gasteiger partial charge < -0.3 is 5.32 Å². The van der Waals surface area contributed by atoms with E-state index in [1.807, 2.05) is 0 Å². The van der Waals surface area contributed by atoms with E-state index in [-0.39, 0.29) is 22.0 Å². The molecule has 0 atom stereocenters. The van der Waals surface area contributed by atoms with E-state index in [4.69, 9.17) is 11.6 Å². The Kier molecular flexibility index (Phi) is 5.35. The smallest absolute Gasteiger partial charge is 0.255 e. The van der Waals surface area contributed by atoms with Gasteiger partial charge in [-0.2, -0.15) is 0 Å². The van der Waals surface area contributed by atoms with E-state index in [9.17, 15) is 17.6 Å². The minimum absolute atomic E-state index is 0.0101. The quantitative estimate of drug-likeness (QED) is 0.864. The highest BCUT2D eigenvalue weighted by atomic mass is 35.5. The van der Waals surface area contributed by atoms with Crippen LogP contribution in [0.3, 0.4) is 0 Å². The molecule has 0 aromatic heterocycles. The van der Waals surface area contributed by atoms with Gasteiger partial charge in [0.1, 0.15) is 5.82 Å². The van der Waals surface area contributed by atoms with Crippen LogP contribution in [0.4, 0.5) is 10.1 Å². The molecule has 0 spiro atoms. The number of anilines is 1. The third-order valence-electron chi connectivity index (χ3n) is 2.92. The number of nitrogens with one attached hydrogen (secondary N) is 2. The zero-order valence-corrected chi connectivity index (χ0v) is 13.7. The monoisotopic (exact) mass is 356 g/mol. The first-order valence-corrected chi connectivity index (χ1v) is 8.55. The summed E-state index contributed by atoms with van der Waals surface area (Å²) in [5.74, 6) is -1.12. The van der Waals surface area contributed by atoms with Gasteiger partial charge in [-0.15, -0.1) is 0 Å². The molecule has 1 amide bonds. The lowest BCUT2D eigenvalue weighted by molar-refractivity contribution is 0.102. The van der Waals surface area contributed by atoms with Crippen LogP contribution >= 0.6 is 11.6 Å². The summed E-state index contributed by atoms with van der Waals surface area (Å²) >= 11 is 5.65. The second kappa shape index (κ2) is 7.08. The second-order valence-electron chi connectivity index (χ2n) is 4.61. The van der Waals surface area contributed by atoms with Gasteiger partial charge in [0.2, 0.25) is 10.0 Å². The fraction of sp³-hybridized carbons (Fsp3) is 0.133. The van der Waals surface area contributed by atoms with Crippen LogP contribution in [-0.4, -0.2) is 20.9 Å². The molecule has 0 aliphatic carbocycles. The minimum Gasteiger partial charge on any atom is -0.322 e. The first-order valence-electron chi connectivity index (χ1n) is 6.69. The van der Waals surface area contributed by atoms with Crippen molar-refractivity contribution in [2.24, 2.45) is 0 Å². The first-order chi connectivity index (χ1) is 10.8. The molecule has 0 unspecified atom stereocenters. The molecule has 2 N–H and O–H groups in total. The number of hydrogen-bond donors (Lipinski definition) is 2. The van der Waals surface area contributed by atoms with Crippen molar-refractivity contribution in [1.82, 2.24) is 4.72 Å². The maximum absolute atomic E-state index is 13.1. The molecular formula is C15H14ClFN2O3S. The van der Waals surface area contributed by atoms with E-state index in [1.165, 1.54) is 36.4 Å². The average Bonchev–Trinajstić information content (AvgIpc) is 2.51. The number of benzene rings is 2. The molecule has 122 valence electrons. The first kappa shape index (κ1) is 17.4.